The summed E-state index contributed by atoms with van der Waals surface area (Å²) in [5.74, 6) is 0. The van der Waals surface area contributed by atoms with Crippen molar-refractivity contribution in [3.05, 3.63) is 24.3 Å². The Morgan fingerprint density at radius 3 is 2.60 bits per heavy atom. The van der Waals surface area contributed by atoms with Crippen LogP contribution in [0.4, 0.5) is 11.4 Å². The van der Waals surface area contributed by atoms with Crippen LogP contribution in [0.1, 0.15) is 32.6 Å². The number of hydrogen-bond acceptors (Lipinski definition) is 2. The van der Waals surface area contributed by atoms with Crippen molar-refractivity contribution in [1.29, 1.82) is 0 Å². The lowest BCUT2D eigenvalue weighted by molar-refractivity contribution is 0.145. The van der Waals surface area contributed by atoms with Crippen LogP contribution < -0.4 is 11.1 Å². The topological polar surface area (TPSA) is 38.0 Å². The molecule has 0 amide bonds. The van der Waals surface area contributed by atoms with Gasteiger partial charge in [0.05, 0.1) is 11.4 Å². The number of nitrogen functional groups attached to an aromatic ring is 1. The van der Waals surface area contributed by atoms with Gasteiger partial charge < -0.3 is 11.1 Å². The maximum absolute atomic E-state index is 5.89. The summed E-state index contributed by atoms with van der Waals surface area (Å²) in [7, 11) is 0. The zero-order valence-electron chi connectivity index (χ0n) is 9.42. The van der Waals surface area contributed by atoms with E-state index in [-0.39, 0.29) is 0 Å². The van der Waals surface area contributed by atoms with E-state index >= 15 is 0 Å². The largest absolute Gasteiger partial charge is 0.397 e. The van der Waals surface area contributed by atoms with E-state index in [1.807, 2.05) is 18.2 Å². The van der Waals surface area contributed by atoms with Gasteiger partial charge in [0, 0.05) is 6.54 Å². The second-order valence-electron chi connectivity index (χ2n) is 4.65. The molecule has 0 unspecified atom stereocenters. The molecule has 0 radical (unpaired) electrons. The maximum Gasteiger partial charge on any atom is 0.0574 e. The van der Waals surface area contributed by atoms with Crippen LogP contribution >= 0.6 is 0 Å². The van der Waals surface area contributed by atoms with Gasteiger partial charge in [0.15, 0.2) is 0 Å². The van der Waals surface area contributed by atoms with Crippen LogP contribution in [0.15, 0.2) is 24.3 Å². The number of benzene rings is 1. The molecule has 0 aliphatic heterocycles. The first-order chi connectivity index (χ1) is 7.26. The molecule has 0 atom stereocenters. The second-order valence-corrected chi connectivity index (χ2v) is 4.65. The van der Waals surface area contributed by atoms with Crippen molar-refractivity contribution in [2.75, 3.05) is 17.6 Å². The summed E-state index contributed by atoms with van der Waals surface area (Å²) < 4.78 is 0. The molecule has 0 saturated heterocycles. The van der Waals surface area contributed by atoms with Crippen molar-refractivity contribution in [3.8, 4) is 0 Å². The third-order valence-corrected chi connectivity index (χ3v) is 3.78. The highest BCUT2D eigenvalue weighted by molar-refractivity contribution is 5.65. The summed E-state index contributed by atoms with van der Waals surface area (Å²) in [5, 5.41) is 3.48. The van der Waals surface area contributed by atoms with Crippen LogP contribution in [0, 0.1) is 5.41 Å². The van der Waals surface area contributed by atoms with Crippen LogP contribution in [0.3, 0.4) is 0 Å². The molecule has 82 valence electrons. The second kappa shape index (κ2) is 4.13. The Kier molecular flexibility index (Phi) is 2.85. The van der Waals surface area contributed by atoms with Crippen LogP contribution in [0.2, 0.25) is 0 Å². The highest BCUT2D eigenvalue weighted by Crippen LogP contribution is 2.43. The van der Waals surface area contributed by atoms with Gasteiger partial charge in [0.2, 0.25) is 0 Å². The third kappa shape index (κ3) is 2.09. The van der Waals surface area contributed by atoms with E-state index in [1.165, 1.54) is 25.7 Å². The number of hydrogen-bond donors (Lipinski definition) is 2. The van der Waals surface area contributed by atoms with E-state index in [0.29, 0.717) is 5.41 Å². The molecule has 1 aromatic carbocycles. The lowest BCUT2D eigenvalue weighted by Gasteiger charge is -2.41. The first-order valence-electron chi connectivity index (χ1n) is 5.84. The summed E-state index contributed by atoms with van der Waals surface area (Å²) in [4.78, 5) is 0. The van der Waals surface area contributed by atoms with Crippen molar-refractivity contribution in [3.63, 3.8) is 0 Å². The molecule has 1 aromatic rings. The lowest BCUT2D eigenvalue weighted by Crippen LogP contribution is -2.35. The Morgan fingerprint density at radius 1 is 1.33 bits per heavy atom. The number of nitrogens with one attached hydrogen (secondary N) is 1. The fourth-order valence-corrected chi connectivity index (χ4v) is 2.27. The zero-order chi connectivity index (χ0) is 10.7. The highest BCUT2D eigenvalue weighted by atomic mass is 14.9. The standard InChI is InChI=1S/C13H20N2/c1-2-13(8-5-9-13)10-15-12-7-4-3-6-11(12)14/h3-4,6-7,15H,2,5,8-10,14H2,1H3. The van der Waals surface area contributed by atoms with Crippen LogP contribution in [0.5, 0.6) is 0 Å². The highest BCUT2D eigenvalue weighted by Gasteiger charge is 2.34. The van der Waals surface area contributed by atoms with Gasteiger partial charge in [0.25, 0.3) is 0 Å². The van der Waals surface area contributed by atoms with Crippen LogP contribution in [-0.4, -0.2) is 6.54 Å². The van der Waals surface area contributed by atoms with Crippen molar-refractivity contribution in [1.82, 2.24) is 0 Å². The Bertz CT molecular complexity index is 324. The van der Waals surface area contributed by atoms with Gasteiger partial charge in [-0.15, -0.1) is 0 Å². The van der Waals surface area contributed by atoms with Gasteiger partial charge in [-0.25, -0.2) is 0 Å². The van der Waals surface area contributed by atoms with Gasteiger partial charge in [-0.1, -0.05) is 25.5 Å². The number of anilines is 2. The van der Waals surface area contributed by atoms with Gasteiger partial charge in [0.1, 0.15) is 0 Å². The molecule has 3 N–H and O–H groups in total. The predicted octanol–water partition coefficient (Wildman–Crippen LogP) is 3.26. The number of nitrogens with two attached hydrogens (primary N) is 1. The molecule has 1 aliphatic rings. The summed E-state index contributed by atoms with van der Waals surface area (Å²) in [6.45, 7) is 3.35. The maximum atomic E-state index is 5.89. The quantitative estimate of drug-likeness (QED) is 0.739. The van der Waals surface area contributed by atoms with Crippen LogP contribution in [-0.2, 0) is 0 Å². The minimum absolute atomic E-state index is 0.544. The molecule has 2 nitrogen and oxygen atoms in total. The average Bonchev–Trinajstić information content (AvgIpc) is 2.19. The predicted molar refractivity (Wildman–Crippen MR) is 65.9 cm³/mol. The first-order valence-corrected chi connectivity index (χ1v) is 5.84. The molecular weight excluding hydrogens is 184 g/mol. The summed E-state index contributed by atoms with van der Waals surface area (Å²) >= 11 is 0. The van der Waals surface area contributed by atoms with Crippen molar-refractivity contribution in [2.24, 2.45) is 5.41 Å². The Hall–Kier alpha value is -1.18. The summed E-state index contributed by atoms with van der Waals surface area (Å²) in [6.07, 6.45) is 5.39. The van der Waals surface area contributed by atoms with E-state index in [0.717, 1.165) is 17.9 Å². The molecule has 1 aliphatic carbocycles. The summed E-state index contributed by atoms with van der Waals surface area (Å²) in [5.41, 5.74) is 8.36. The fraction of sp³-hybridized carbons (Fsp3) is 0.538. The molecule has 0 bridgehead atoms. The molecule has 0 heterocycles. The van der Waals surface area contributed by atoms with E-state index < -0.39 is 0 Å². The molecular formula is C13H20N2. The van der Waals surface area contributed by atoms with Crippen molar-refractivity contribution in [2.45, 2.75) is 32.6 Å². The molecule has 0 aromatic heterocycles. The Morgan fingerprint density at radius 2 is 2.07 bits per heavy atom. The normalized spacial score (nSPS) is 18.2. The minimum atomic E-state index is 0.544. The first kappa shape index (κ1) is 10.3. The van der Waals surface area contributed by atoms with E-state index in [2.05, 4.69) is 18.3 Å². The summed E-state index contributed by atoms with van der Waals surface area (Å²) in [6, 6.07) is 8.00. The molecule has 2 heteroatoms. The zero-order valence-corrected chi connectivity index (χ0v) is 9.42. The molecule has 15 heavy (non-hydrogen) atoms. The molecule has 1 saturated carbocycles. The SMILES string of the molecule is CCC1(CNc2ccccc2N)CCC1. The van der Waals surface area contributed by atoms with Gasteiger partial charge in [-0.2, -0.15) is 0 Å². The van der Waals surface area contributed by atoms with Crippen molar-refractivity contribution < 1.29 is 0 Å². The van der Waals surface area contributed by atoms with Gasteiger partial charge in [-0.05, 0) is 36.8 Å². The van der Waals surface area contributed by atoms with Crippen LogP contribution in [0.25, 0.3) is 0 Å². The van der Waals surface area contributed by atoms with Gasteiger partial charge in [-0.3, -0.25) is 0 Å². The van der Waals surface area contributed by atoms with E-state index in [4.69, 9.17) is 5.73 Å². The van der Waals surface area contributed by atoms with E-state index in [9.17, 15) is 0 Å². The van der Waals surface area contributed by atoms with Gasteiger partial charge >= 0.3 is 0 Å². The van der Waals surface area contributed by atoms with E-state index in [1.54, 1.807) is 0 Å². The molecule has 0 spiro atoms. The molecule has 1 fully saturated rings. The number of para-hydroxylation sites is 2. The average molecular weight is 204 g/mol. The monoisotopic (exact) mass is 204 g/mol. The Labute approximate surface area is 91.9 Å². The third-order valence-electron chi connectivity index (χ3n) is 3.78. The molecule has 2 rings (SSSR count). The minimum Gasteiger partial charge on any atom is -0.397 e. The lowest BCUT2D eigenvalue weighted by atomic mass is 9.67. The fourth-order valence-electron chi connectivity index (χ4n) is 2.27. The number of rotatable bonds is 4. The smallest absolute Gasteiger partial charge is 0.0574 e. The van der Waals surface area contributed by atoms with Crippen molar-refractivity contribution >= 4 is 11.4 Å². The Balaban J connectivity index is 1.95.